The Hall–Kier alpha value is -2.47. The molecular formula is C20H27N5O. The second-order valence-electron chi connectivity index (χ2n) is 6.66. The van der Waals surface area contributed by atoms with Crippen LogP contribution in [0.5, 0.6) is 0 Å². The molecule has 138 valence electrons. The molecule has 1 amide bonds. The minimum absolute atomic E-state index is 0.0369. The van der Waals surface area contributed by atoms with E-state index in [0.717, 1.165) is 45.0 Å². The van der Waals surface area contributed by atoms with Gasteiger partial charge in [-0.3, -0.25) is 9.78 Å². The zero-order valence-corrected chi connectivity index (χ0v) is 15.6. The van der Waals surface area contributed by atoms with Crippen molar-refractivity contribution >= 4 is 11.7 Å². The highest BCUT2D eigenvalue weighted by molar-refractivity contribution is 5.94. The number of pyridine rings is 2. The van der Waals surface area contributed by atoms with E-state index in [9.17, 15) is 4.79 Å². The summed E-state index contributed by atoms with van der Waals surface area (Å²) in [7, 11) is 1.85. The summed E-state index contributed by atoms with van der Waals surface area (Å²) in [6.07, 6.45) is 6.13. The van der Waals surface area contributed by atoms with Crippen molar-refractivity contribution in [3.05, 3.63) is 54.0 Å². The molecular weight excluding hydrogens is 326 g/mol. The molecule has 6 heteroatoms. The van der Waals surface area contributed by atoms with Gasteiger partial charge < -0.3 is 14.7 Å². The molecule has 3 rings (SSSR count). The first-order valence-electron chi connectivity index (χ1n) is 9.25. The lowest BCUT2D eigenvalue weighted by atomic mass is 10.1. The SMILES string of the molecule is CCN1CCN(c2cc(C(=O)N(C)CCc3ccncc3)ccn2)CC1. The normalized spacial score (nSPS) is 15.1. The number of piperazine rings is 1. The van der Waals surface area contributed by atoms with Gasteiger partial charge in [-0.25, -0.2) is 4.98 Å². The lowest BCUT2D eigenvalue weighted by molar-refractivity contribution is 0.0796. The molecule has 1 aliphatic heterocycles. The van der Waals surface area contributed by atoms with Crippen LogP contribution in [0.2, 0.25) is 0 Å². The summed E-state index contributed by atoms with van der Waals surface area (Å²) in [5.74, 6) is 0.934. The quantitative estimate of drug-likeness (QED) is 0.794. The number of hydrogen-bond donors (Lipinski definition) is 0. The Morgan fingerprint density at radius 3 is 2.54 bits per heavy atom. The third kappa shape index (κ3) is 4.58. The van der Waals surface area contributed by atoms with Crippen molar-refractivity contribution in [1.29, 1.82) is 0 Å². The number of likely N-dealkylation sites (N-methyl/N-ethyl adjacent to an activating group) is 2. The van der Waals surface area contributed by atoms with Crippen LogP contribution in [0, 0.1) is 0 Å². The van der Waals surface area contributed by atoms with Gasteiger partial charge in [-0.15, -0.1) is 0 Å². The van der Waals surface area contributed by atoms with E-state index in [2.05, 4.69) is 26.7 Å². The molecule has 0 aromatic carbocycles. The molecule has 2 aromatic rings. The number of rotatable bonds is 6. The molecule has 0 atom stereocenters. The molecule has 1 fully saturated rings. The third-order valence-electron chi connectivity index (χ3n) is 4.97. The Balaban J connectivity index is 1.60. The van der Waals surface area contributed by atoms with Crippen LogP contribution in [0.3, 0.4) is 0 Å². The maximum absolute atomic E-state index is 12.8. The summed E-state index contributed by atoms with van der Waals surface area (Å²) in [5.41, 5.74) is 1.88. The summed E-state index contributed by atoms with van der Waals surface area (Å²) < 4.78 is 0. The fraction of sp³-hybridized carbons (Fsp3) is 0.450. The first-order valence-corrected chi connectivity index (χ1v) is 9.25. The van der Waals surface area contributed by atoms with Crippen molar-refractivity contribution in [3.63, 3.8) is 0 Å². The Bertz CT molecular complexity index is 713. The molecule has 0 unspecified atom stereocenters. The molecule has 1 aliphatic rings. The zero-order valence-electron chi connectivity index (χ0n) is 15.6. The molecule has 0 bridgehead atoms. The number of carbonyl (C=O) groups excluding carboxylic acids is 1. The standard InChI is InChI=1S/C20H27N5O/c1-3-24-12-14-25(15-13-24)19-16-18(6-10-22-19)20(26)23(2)11-7-17-4-8-21-9-5-17/h4-6,8-10,16H,3,7,11-15H2,1-2H3. The van der Waals surface area contributed by atoms with E-state index in [1.54, 1.807) is 29.6 Å². The molecule has 2 aromatic heterocycles. The van der Waals surface area contributed by atoms with Crippen molar-refractivity contribution in [3.8, 4) is 0 Å². The predicted octanol–water partition coefficient (Wildman–Crippen LogP) is 1.93. The molecule has 26 heavy (non-hydrogen) atoms. The molecule has 0 saturated carbocycles. The Morgan fingerprint density at radius 2 is 1.85 bits per heavy atom. The minimum Gasteiger partial charge on any atom is -0.354 e. The van der Waals surface area contributed by atoms with Crippen LogP contribution in [-0.4, -0.2) is 72.0 Å². The van der Waals surface area contributed by atoms with Gasteiger partial charge in [0.25, 0.3) is 5.91 Å². The summed E-state index contributed by atoms with van der Waals surface area (Å²) in [5, 5.41) is 0. The first-order chi connectivity index (χ1) is 12.7. The van der Waals surface area contributed by atoms with E-state index in [1.165, 1.54) is 5.56 Å². The topological polar surface area (TPSA) is 52.6 Å². The van der Waals surface area contributed by atoms with Crippen LogP contribution in [0.25, 0.3) is 0 Å². The second kappa shape index (κ2) is 8.76. The van der Waals surface area contributed by atoms with Gasteiger partial charge in [0, 0.05) is 63.9 Å². The van der Waals surface area contributed by atoms with Gasteiger partial charge >= 0.3 is 0 Å². The molecule has 3 heterocycles. The summed E-state index contributed by atoms with van der Waals surface area (Å²) in [6.45, 7) is 7.95. The summed E-state index contributed by atoms with van der Waals surface area (Å²) in [6, 6.07) is 7.70. The van der Waals surface area contributed by atoms with Crippen LogP contribution >= 0.6 is 0 Å². The van der Waals surface area contributed by atoms with E-state index in [0.29, 0.717) is 12.1 Å². The monoisotopic (exact) mass is 353 g/mol. The minimum atomic E-state index is 0.0369. The molecule has 0 aliphatic carbocycles. The number of anilines is 1. The van der Waals surface area contributed by atoms with Gasteiger partial charge in [-0.1, -0.05) is 6.92 Å². The highest BCUT2D eigenvalue weighted by atomic mass is 16.2. The van der Waals surface area contributed by atoms with E-state index in [4.69, 9.17) is 0 Å². The van der Waals surface area contributed by atoms with E-state index in [1.807, 2.05) is 25.2 Å². The Morgan fingerprint density at radius 1 is 1.12 bits per heavy atom. The third-order valence-corrected chi connectivity index (χ3v) is 4.97. The van der Waals surface area contributed by atoms with Gasteiger partial charge in [0.05, 0.1) is 0 Å². The van der Waals surface area contributed by atoms with Crippen molar-refractivity contribution in [2.75, 3.05) is 51.2 Å². The highest BCUT2D eigenvalue weighted by Crippen LogP contribution is 2.16. The fourth-order valence-corrected chi connectivity index (χ4v) is 3.19. The van der Waals surface area contributed by atoms with E-state index in [-0.39, 0.29) is 5.91 Å². The smallest absolute Gasteiger partial charge is 0.253 e. The van der Waals surface area contributed by atoms with Gasteiger partial charge in [0.1, 0.15) is 5.82 Å². The maximum atomic E-state index is 12.8. The lowest BCUT2D eigenvalue weighted by Crippen LogP contribution is -2.46. The summed E-state index contributed by atoms with van der Waals surface area (Å²) in [4.78, 5) is 27.7. The number of aromatic nitrogens is 2. The predicted molar refractivity (Wildman–Crippen MR) is 103 cm³/mol. The maximum Gasteiger partial charge on any atom is 0.253 e. The first kappa shape index (κ1) is 18.3. The average Bonchev–Trinajstić information content (AvgIpc) is 2.72. The van der Waals surface area contributed by atoms with Crippen molar-refractivity contribution < 1.29 is 4.79 Å². The van der Waals surface area contributed by atoms with Crippen LogP contribution in [0.4, 0.5) is 5.82 Å². The van der Waals surface area contributed by atoms with Crippen LogP contribution in [0.1, 0.15) is 22.8 Å². The van der Waals surface area contributed by atoms with E-state index < -0.39 is 0 Å². The van der Waals surface area contributed by atoms with Crippen molar-refractivity contribution in [1.82, 2.24) is 19.8 Å². The number of hydrogen-bond acceptors (Lipinski definition) is 5. The van der Waals surface area contributed by atoms with Crippen molar-refractivity contribution in [2.24, 2.45) is 0 Å². The van der Waals surface area contributed by atoms with Gasteiger partial charge in [-0.2, -0.15) is 0 Å². The number of carbonyl (C=O) groups is 1. The Labute approximate surface area is 155 Å². The van der Waals surface area contributed by atoms with Crippen LogP contribution < -0.4 is 4.90 Å². The second-order valence-corrected chi connectivity index (χ2v) is 6.66. The fourth-order valence-electron chi connectivity index (χ4n) is 3.19. The largest absolute Gasteiger partial charge is 0.354 e. The highest BCUT2D eigenvalue weighted by Gasteiger charge is 2.19. The molecule has 6 nitrogen and oxygen atoms in total. The molecule has 0 radical (unpaired) electrons. The van der Waals surface area contributed by atoms with Crippen LogP contribution in [0.15, 0.2) is 42.9 Å². The Kier molecular flexibility index (Phi) is 6.17. The van der Waals surface area contributed by atoms with Gasteiger partial charge in [0.2, 0.25) is 0 Å². The van der Waals surface area contributed by atoms with Crippen molar-refractivity contribution in [2.45, 2.75) is 13.3 Å². The number of nitrogens with zero attached hydrogens (tertiary/aromatic N) is 5. The number of amides is 1. The molecule has 0 N–H and O–H groups in total. The average molecular weight is 353 g/mol. The van der Waals surface area contributed by atoms with Crippen LogP contribution in [-0.2, 0) is 6.42 Å². The zero-order chi connectivity index (χ0) is 18.4. The summed E-state index contributed by atoms with van der Waals surface area (Å²) >= 11 is 0. The molecule has 0 spiro atoms. The lowest BCUT2D eigenvalue weighted by Gasteiger charge is -2.34. The molecule has 1 saturated heterocycles. The van der Waals surface area contributed by atoms with E-state index >= 15 is 0 Å². The van der Waals surface area contributed by atoms with Gasteiger partial charge in [0.15, 0.2) is 0 Å². The van der Waals surface area contributed by atoms with Gasteiger partial charge in [-0.05, 0) is 42.8 Å².